The third-order valence-corrected chi connectivity index (χ3v) is 4.66. The molecule has 0 bridgehead atoms. The standard InChI is InChI=1S/C18H21N3O2/c1-13-12-20(10-11-23-13)18(22)17-15-8-5-9-16(15)21(19-17)14-6-3-2-4-7-14/h2-4,6-7,13H,5,8-12H2,1H3/t13-/m1/s1. The normalized spacial score (nSPS) is 20.6. The van der Waals surface area contributed by atoms with Gasteiger partial charge in [-0.1, -0.05) is 18.2 Å². The van der Waals surface area contributed by atoms with E-state index in [0.29, 0.717) is 25.4 Å². The SMILES string of the molecule is C[C@@H]1CN(C(=O)c2nn(-c3ccccc3)c3c2CCC3)CCO1. The largest absolute Gasteiger partial charge is 0.375 e. The molecule has 0 unspecified atom stereocenters. The lowest BCUT2D eigenvalue weighted by molar-refractivity contribution is -0.0126. The molecule has 0 spiro atoms. The summed E-state index contributed by atoms with van der Waals surface area (Å²) in [5.41, 5.74) is 3.99. The zero-order chi connectivity index (χ0) is 15.8. The number of morpholine rings is 1. The molecule has 1 aliphatic heterocycles. The molecule has 2 heterocycles. The van der Waals surface area contributed by atoms with Crippen LogP contribution in [0.25, 0.3) is 5.69 Å². The lowest BCUT2D eigenvalue weighted by Gasteiger charge is -2.30. The first-order chi connectivity index (χ1) is 11.2. The molecule has 1 amide bonds. The molecule has 1 fully saturated rings. The van der Waals surface area contributed by atoms with E-state index in [1.54, 1.807) is 0 Å². The molecule has 2 aromatic rings. The van der Waals surface area contributed by atoms with Crippen molar-refractivity contribution in [3.05, 3.63) is 47.3 Å². The minimum Gasteiger partial charge on any atom is -0.375 e. The molecule has 0 radical (unpaired) electrons. The van der Waals surface area contributed by atoms with E-state index in [9.17, 15) is 4.79 Å². The zero-order valence-corrected chi connectivity index (χ0v) is 13.4. The molecule has 1 aromatic heterocycles. The summed E-state index contributed by atoms with van der Waals surface area (Å²) in [6, 6.07) is 10.1. The predicted molar refractivity (Wildman–Crippen MR) is 86.9 cm³/mol. The molecule has 1 saturated heterocycles. The summed E-state index contributed by atoms with van der Waals surface area (Å²) in [4.78, 5) is 14.8. The first-order valence-corrected chi connectivity index (χ1v) is 8.31. The molecule has 5 nitrogen and oxygen atoms in total. The Morgan fingerprint density at radius 2 is 2.09 bits per heavy atom. The van der Waals surface area contributed by atoms with Gasteiger partial charge < -0.3 is 9.64 Å². The second-order valence-corrected chi connectivity index (χ2v) is 6.31. The van der Waals surface area contributed by atoms with Crippen molar-refractivity contribution in [3.8, 4) is 5.69 Å². The monoisotopic (exact) mass is 311 g/mol. The molecule has 1 atom stereocenters. The van der Waals surface area contributed by atoms with E-state index >= 15 is 0 Å². The molecule has 2 aliphatic rings. The van der Waals surface area contributed by atoms with Crippen molar-refractivity contribution < 1.29 is 9.53 Å². The van der Waals surface area contributed by atoms with Gasteiger partial charge in [0.25, 0.3) is 5.91 Å². The van der Waals surface area contributed by atoms with Crippen LogP contribution in [-0.4, -0.2) is 46.4 Å². The van der Waals surface area contributed by atoms with Gasteiger partial charge in [-0.2, -0.15) is 5.10 Å². The second-order valence-electron chi connectivity index (χ2n) is 6.31. The number of nitrogens with zero attached hydrogens (tertiary/aromatic N) is 3. The Kier molecular flexibility index (Phi) is 3.65. The molecule has 0 saturated carbocycles. The smallest absolute Gasteiger partial charge is 0.274 e. The van der Waals surface area contributed by atoms with Crippen molar-refractivity contribution >= 4 is 5.91 Å². The maximum absolute atomic E-state index is 12.9. The summed E-state index contributed by atoms with van der Waals surface area (Å²) < 4.78 is 7.50. The van der Waals surface area contributed by atoms with Crippen LogP contribution in [0.5, 0.6) is 0 Å². The van der Waals surface area contributed by atoms with Crippen LogP contribution in [0.4, 0.5) is 0 Å². The van der Waals surface area contributed by atoms with Gasteiger partial charge in [0, 0.05) is 24.3 Å². The number of aromatic nitrogens is 2. The molecular weight excluding hydrogens is 290 g/mol. The minimum absolute atomic E-state index is 0.0491. The Bertz CT molecular complexity index is 723. The van der Waals surface area contributed by atoms with Crippen LogP contribution in [0.15, 0.2) is 30.3 Å². The number of para-hydroxylation sites is 1. The van der Waals surface area contributed by atoms with E-state index in [1.807, 2.05) is 46.8 Å². The van der Waals surface area contributed by atoms with Crippen LogP contribution in [0.3, 0.4) is 0 Å². The Labute approximate surface area is 135 Å². The van der Waals surface area contributed by atoms with Crippen molar-refractivity contribution in [2.24, 2.45) is 0 Å². The van der Waals surface area contributed by atoms with Crippen LogP contribution in [-0.2, 0) is 17.6 Å². The number of carbonyl (C=O) groups is 1. The van der Waals surface area contributed by atoms with E-state index < -0.39 is 0 Å². The lowest BCUT2D eigenvalue weighted by Crippen LogP contribution is -2.44. The Morgan fingerprint density at radius 1 is 1.26 bits per heavy atom. The number of carbonyl (C=O) groups excluding carboxylic acids is 1. The summed E-state index contributed by atoms with van der Waals surface area (Å²) in [6.07, 6.45) is 3.13. The maximum atomic E-state index is 12.9. The second kappa shape index (κ2) is 5.81. The minimum atomic E-state index is 0.0491. The quantitative estimate of drug-likeness (QED) is 0.854. The van der Waals surface area contributed by atoms with E-state index in [4.69, 9.17) is 4.74 Å². The molecule has 5 heteroatoms. The zero-order valence-electron chi connectivity index (χ0n) is 13.4. The third-order valence-electron chi connectivity index (χ3n) is 4.66. The van der Waals surface area contributed by atoms with E-state index in [1.165, 1.54) is 5.69 Å². The van der Waals surface area contributed by atoms with Crippen molar-refractivity contribution in [2.75, 3.05) is 19.7 Å². The van der Waals surface area contributed by atoms with E-state index in [2.05, 4.69) is 5.10 Å². The highest BCUT2D eigenvalue weighted by atomic mass is 16.5. The number of amides is 1. The molecule has 1 aliphatic carbocycles. The average molecular weight is 311 g/mol. The molecule has 4 rings (SSSR count). The number of hydrogen-bond donors (Lipinski definition) is 0. The van der Waals surface area contributed by atoms with Crippen LogP contribution < -0.4 is 0 Å². The van der Waals surface area contributed by atoms with E-state index in [0.717, 1.165) is 30.5 Å². The molecule has 120 valence electrons. The Balaban J connectivity index is 1.71. The summed E-state index contributed by atoms with van der Waals surface area (Å²) in [5, 5.41) is 4.69. The van der Waals surface area contributed by atoms with Gasteiger partial charge in [0.1, 0.15) is 0 Å². The van der Waals surface area contributed by atoms with Gasteiger partial charge in [-0.25, -0.2) is 4.68 Å². The van der Waals surface area contributed by atoms with Gasteiger partial charge in [-0.15, -0.1) is 0 Å². The summed E-state index contributed by atoms with van der Waals surface area (Å²) >= 11 is 0. The van der Waals surface area contributed by atoms with Gasteiger partial charge >= 0.3 is 0 Å². The van der Waals surface area contributed by atoms with Crippen LogP contribution in [0, 0.1) is 0 Å². The average Bonchev–Trinajstić information content (AvgIpc) is 3.17. The van der Waals surface area contributed by atoms with Gasteiger partial charge in [0.15, 0.2) is 5.69 Å². The fraction of sp³-hybridized carbons (Fsp3) is 0.444. The van der Waals surface area contributed by atoms with Crippen LogP contribution >= 0.6 is 0 Å². The first-order valence-electron chi connectivity index (χ1n) is 8.31. The van der Waals surface area contributed by atoms with Crippen molar-refractivity contribution in [1.29, 1.82) is 0 Å². The van der Waals surface area contributed by atoms with E-state index in [-0.39, 0.29) is 12.0 Å². The maximum Gasteiger partial charge on any atom is 0.274 e. The molecule has 0 N–H and O–H groups in total. The predicted octanol–water partition coefficient (Wildman–Crippen LogP) is 2.22. The van der Waals surface area contributed by atoms with Gasteiger partial charge in [0.05, 0.1) is 18.4 Å². The number of rotatable bonds is 2. The van der Waals surface area contributed by atoms with Gasteiger partial charge in [-0.05, 0) is 38.3 Å². The fourth-order valence-corrected chi connectivity index (χ4v) is 3.54. The van der Waals surface area contributed by atoms with Crippen molar-refractivity contribution in [2.45, 2.75) is 32.3 Å². The fourth-order valence-electron chi connectivity index (χ4n) is 3.54. The summed E-state index contributed by atoms with van der Waals surface area (Å²) in [7, 11) is 0. The molecular formula is C18H21N3O2. The lowest BCUT2D eigenvalue weighted by atomic mass is 10.1. The van der Waals surface area contributed by atoms with Crippen molar-refractivity contribution in [1.82, 2.24) is 14.7 Å². The van der Waals surface area contributed by atoms with Gasteiger partial charge in [0.2, 0.25) is 0 Å². The van der Waals surface area contributed by atoms with Crippen LogP contribution in [0.2, 0.25) is 0 Å². The summed E-state index contributed by atoms with van der Waals surface area (Å²) in [6.45, 7) is 3.91. The van der Waals surface area contributed by atoms with Crippen molar-refractivity contribution in [3.63, 3.8) is 0 Å². The van der Waals surface area contributed by atoms with Crippen LogP contribution in [0.1, 0.15) is 35.1 Å². The number of fused-ring (bicyclic) bond motifs is 1. The Hall–Kier alpha value is -2.14. The number of ether oxygens (including phenoxy) is 1. The third kappa shape index (κ3) is 2.55. The van der Waals surface area contributed by atoms with Gasteiger partial charge in [-0.3, -0.25) is 4.79 Å². The highest BCUT2D eigenvalue weighted by Gasteiger charge is 2.31. The molecule has 1 aromatic carbocycles. The number of benzene rings is 1. The highest BCUT2D eigenvalue weighted by Crippen LogP contribution is 2.28. The Morgan fingerprint density at radius 3 is 2.87 bits per heavy atom. The first kappa shape index (κ1) is 14.5. The topological polar surface area (TPSA) is 47.4 Å². The summed E-state index contributed by atoms with van der Waals surface area (Å²) in [5.74, 6) is 0.0491. The number of hydrogen-bond acceptors (Lipinski definition) is 3. The molecule has 23 heavy (non-hydrogen) atoms. The highest BCUT2D eigenvalue weighted by molar-refractivity contribution is 5.94.